The van der Waals surface area contributed by atoms with E-state index in [-0.39, 0.29) is 12.5 Å². The lowest BCUT2D eigenvalue weighted by molar-refractivity contribution is -0.133. The lowest BCUT2D eigenvalue weighted by Crippen LogP contribution is -2.50. The third-order valence-electron chi connectivity index (χ3n) is 5.18. The van der Waals surface area contributed by atoms with E-state index < -0.39 is 0 Å². The number of ether oxygens (including phenoxy) is 2. The number of carbonyl (C=O) groups excluding carboxylic acids is 1. The Hall–Kier alpha value is -3.32. The molecule has 160 valence electrons. The summed E-state index contributed by atoms with van der Waals surface area (Å²) < 4.78 is 11.0. The van der Waals surface area contributed by atoms with E-state index in [0.717, 1.165) is 22.8 Å². The average molecular weight is 439 g/mol. The fourth-order valence-electron chi connectivity index (χ4n) is 3.47. The monoisotopic (exact) mass is 438 g/mol. The summed E-state index contributed by atoms with van der Waals surface area (Å²) in [6, 6.07) is 18.7. The molecule has 0 atom stereocenters. The fourth-order valence-corrected chi connectivity index (χ4v) is 3.66. The van der Waals surface area contributed by atoms with Gasteiger partial charge in [0.25, 0.3) is 5.91 Å². The number of hydrogen-bond acceptors (Lipinski definition) is 6. The van der Waals surface area contributed by atoms with E-state index in [0.29, 0.717) is 37.0 Å². The molecule has 0 spiro atoms. The van der Waals surface area contributed by atoms with Gasteiger partial charge in [0.05, 0.1) is 17.8 Å². The quantitative estimate of drug-likeness (QED) is 0.586. The van der Waals surface area contributed by atoms with E-state index in [9.17, 15) is 4.79 Å². The number of anilines is 1. The van der Waals surface area contributed by atoms with Gasteiger partial charge in [-0.2, -0.15) is 0 Å². The highest BCUT2D eigenvalue weighted by atomic mass is 35.5. The molecule has 4 rings (SSSR count). The van der Waals surface area contributed by atoms with Crippen molar-refractivity contribution in [3.05, 3.63) is 65.7 Å². The van der Waals surface area contributed by atoms with E-state index in [1.807, 2.05) is 48.5 Å². The van der Waals surface area contributed by atoms with Crippen LogP contribution in [-0.2, 0) is 4.79 Å². The largest absolute Gasteiger partial charge is 0.496 e. The van der Waals surface area contributed by atoms with Crippen LogP contribution in [0.3, 0.4) is 0 Å². The highest BCUT2D eigenvalue weighted by molar-refractivity contribution is 6.32. The number of nitrogens with zero attached hydrogens (tertiary/aromatic N) is 4. The number of hydrogen-bond donors (Lipinski definition) is 0. The van der Waals surface area contributed by atoms with E-state index in [1.165, 1.54) is 0 Å². The number of para-hydroxylation sites is 2. The van der Waals surface area contributed by atoms with Gasteiger partial charge in [-0.3, -0.25) is 4.79 Å². The van der Waals surface area contributed by atoms with Crippen molar-refractivity contribution in [1.82, 2.24) is 15.1 Å². The molecule has 0 radical (unpaired) electrons. The Morgan fingerprint density at radius 3 is 2.32 bits per heavy atom. The van der Waals surface area contributed by atoms with Crippen LogP contribution in [0.1, 0.15) is 0 Å². The second-order valence-electron chi connectivity index (χ2n) is 7.06. The number of amides is 1. The maximum absolute atomic E-state index is 12.5. The molecule has 0 N–H and O–H groups in total. The van der Waals surface area contributed by atoms with Crippen LogP contribution in [0.4, 0.5) is 5.82 Å². The first-order valence-corrected chi connectivity index (χ1v) is 10.4. The maximum Gasteiger partial charge on any atom is 0.260 e. The highest BCUT2D eigenvalue weighted by Gasteiger charge is 2.23. The Labute approximate surface area is 186 Å². The number of aromatic nitrogens is 2. The topological polar surface area (TPSA) is 67.8 Å². The molecule has 1 aromatic heterocycles. The molecule has 0 aliphatic carbocycles. The Balaban J connectivity index is 1.32. The molecule has 0 unspecified atom stereocenters. The SMILES string of the molecule is COc1ccccc1-c1ccc(N2CCN(C(=O)COc3ccccc3Cl)CC2)nn1. The maximum atomic E-state index is 12.5. The molecule has 0 bridgehead atoms. The summed E-state index contributed by atoms with van der Waals surface area (Å²) in [7, 11) is 1.64. The molecule has 1 aliphatic heterocycles. The Kier molecular flexibility index (Phi) is 6.52. The molecule has 2 heterocycles. The average Bonchev–Trinajstić information content (AvgIpc) is 2.83. The zero-order valence-corrected chi connectivity index (χ0v) is 18.0. The van der Waals surface area contributed by atoms with E-state index in [2.05, 4.69) is 15.1 Å². The van der Waals surface area contributed by atoms with Crippen LogP contribution in [-0.4, -0.2) is 60.9 Å². The third kappa shape index (κ3) is 4.88. The molecule has 8 heteroatoms. The van der Waals surface area contributed by atoms with Crippen molar-refractivity contribution in [3.8, 4) is 22.8 Å². The van der Waals surface area contributed by atoms with Crippen LogP contribution >= 0.6 is 11.6 Å². The van der Waals surface area contributed by atoms with Gasteiger partial charge in [-0.25, -0.2) is 0 Å². The van der Waals surface area contributed by atoms with Crippen LogP contribution < -0.4 is 14.4 Å². The molecule has 2 aromatic carbocycles. The minimum atomic E-state index is -0.0582. The summed E-state index contributed by atoms with van der Waals surface area (Å²) >= 11 is 6.07. The number of rotatable bonds is 6. The van der Waals surface area contributed by atoms with Gasteiger partial charge in [-0.05, 0) is 36.4 Å². The molecular formula is C23H23ClN4O3. The molecule has 1 saturated heterocycles. The molecule has 0 saturated carbocycles. The van der Waals surface area contributed by atoms with E-state index in [1.54, 1.807) is 24.1 Å². The number of carbonyl (C=O) groups is 1. The number of benzene rings is 2. The third-order valence-corrected chi connectivity index (χ3v) is 5.49. The van der Waals surface area contributed by atoms with Gasteiger partial charge in [0.1, 0.15) is 11.5 Å². The van der Waals surface area contributed by atoms with Gasteiger partial charge < -0.3 is 19.3 Å². The van der Waals surface area contributed by atoms with E-state index >= 15 is 0 Å². The van der Waals surface area contributed by atoms with Crippen molar-refractivity contribution in [3.63, 3.8) is 0 Å². The Morgan fingerprint density at radius 2 is 1.65 bits per heavy atom. The predicted octanol–water partition coefficient (Wildman–Crippen LogP) is 3.53. The first-order chi connectivity index (χ1) is 15.2. The molecule has 31 heavy (non-hydrogen) atoms. The lowest BCUT2D eigenvalue weighted by Gasteiger charge is -2.35. The summed E-state index contributed by atoms with van der Waals surface area (Å²) in [4.78, 5) is 16.4. The second-order valence-corrected chi connectivity index (χ2v) is 7.47. The summed E-state index contributed by atoms with van der Waals surface area (Å²) in [6.07, 6.45) is 0. The number of methoxy groups -OCH3 is 1. The van der Waals surface area contributed by atoms with Crippen molar-refractivity contribution in [2.24, 2.45) is 0 Å². The van der Waals surface area contributed by atoms with Crippen molar-refractivity contribution in [2.75, 3.05) is 44.8 Å². The first-order valence-electron chi connectivity index (χ1n) is 10.0. The van der Waals surface area contributed by atoms with Gasteiger partial charge in [-0.15, -0.1) is 10.2 Å². The van der Waals surface area contributed by atoms with Crippen LogP contribution in [0.2, 0.25) is 5.02 Å². The van der Waals surface area contributed by atoms with Crippen molar-refractivity contribution in [2.45, 2.75) is 0 Å². The molecule has 3 aromatic rings. The minimum absolute atomic E-state index is 0.0306. The van der Waals surface area contributed by atoms with Crippen molar-refractivity contribution >= 4 is 23.3 Å². The van der Waals surface area contributed by atoms with Crippen LogP contribution in [0, 0.1) is 0 Å². The number of piperazine rings is 1. The van der Waals surface area contributed by atoms with E-state index in [4.69, 9.17) is 21.1 Å². The number of halogens is 1. The minimum Gasteiger partial charge on any atom is -0.496 e. The van der Waals surface area contributed by atoms with Gasteiger partial charge in [0.2, 0.25) is 0 Å². The first kappa shape index (κ1) is 20.9. The molecule has 1 aliphatic rings. The normalized spacial score (nSPS) is 13.7. The highest BCUT2D eigenvalue weighted by Crippen LogP contribution is 2.28. The fraction of sp³-hybridized carbons (Fsp3) is 0.261. The van der Waals surface area contributed by atoms with Gasteiger partial charge in [0, 0.05) is 31.7 Å². The zero-order valence-electron chi connectivity index (χ0n) is 17.2. The van der Waals surface area contributed by atoms with Gasteiger partial charge in [-0.1, -0.05) is 35.9 Å². The molecule has 7 nitrogen and oxygen atoms in total. The van der Waals surface area contributed by atoms with Gasteiger partial charge in [0.15, 0.2) is 12.4 Å². The van der Waals surface area contributed by atoms with Gasteiger partial charge >= 0.3 is 0 Å². The predicted molar refractivity (Wildman–Crippen MR) is 120 cm³/mol. The molecular weight excluding hydrogens is 416 g/mol. The summed E-state index contributed by atoms with van der Waals surface area (Å²) in [6.45, 7) is 2.53. The van der Waals surface area contributed by atoms with Crippen molar-refractivity contribution in [1.29, 1.82) is 0 Å². The Bertz CT molecular complexity index is 1040. The van der Waals surface area contributed by atoms with Crippen LogP contribution in [0.25, 0.3) is 11.3 Å². The second kappa shape index (κ2) is 9.66. The van der Waals surface area contributed by atoms with Crippen LogP contribution in [0.15, 0.2) is 60.7 Å². The zero-order chi connectivity index (χ0) is 21.6. The summed E-state index contributed by atoms with van der Waals surface area (Å²) in [5, 5.41) is 9.26. The standard InChI is InChI=1S/C23H23ClN4O3/c1-30-20-8-4-2-6-17(20)19-10-11-22(26-25-19)27-12-14-28(15-13-27)23(29)16-31-21-9-5-3-7-18(21)24/h2-11H,12-16H2,1H3. The van der Waals surface area contributed by atoms with Crippen LogP contribution in [0.5, 0.6) is 11.5 Å². The molecule has 1 amide bonds. The summed E-state index contributed by atoms with van der Waals surface area (Å²) in [5.41, 5.74) is 1.66. The summed E-state index contributed by atoms with van der Waals surface area (Å²) in [5.74, 6) is 2.01. The smallest absolute Gasteiger partial charge is 0.260 e. The molecule has 1 fully saturated rings. The van der Waals surface area contributed by atoms with Crippen molar-refractivity contribution < 1.29 is 14.3 Å². The Morgan fingerprint density at radius 1 is 0.935 bits per heavy atom. The lowest BCUT2D eigenvalue weighted by atomic mass is 10.1.